The van der Waals surface area contributed by atoms with Crippen LogP contribution in [0.5, 0.6) is 5.75 Å². The molecule has 18 heavy (non-hydrogen) atoms. The summed E-state index contributed by atoms with van der Waals surface area (Å²) in [7, 11) is 0. The number of ether oxygens (including phenoxy) is 1. The molecule has 0 radical (unpaired) electrons. The Morgan fingerprint density at radius 1 is 1.28 bits per heavy atom. The number of hydrogen-bond donors (Lipinski definition) is 1. The second kappa shape index (κ2) is 5.27. The first-order valence-electron chi connectivity index (χ1n) is 5.50. The van der Waals surface area contributed by atoms with Gasteiger partial charge in [0.05, 0.1) is 5.69 Å². The van der Waals surface area contributed by atoms with Crippen molar-refractivity contribution in [2.75, 3.05) is 5.73 Å². The molecule has 0 bridgehead atoms. The number of para-hydroxylation sites is 1. The maximum Gasteiger partial charge on any atom is 0.142 e. The Balaban J connectivity index is 2.14. The molecule has 2 aromatic carbocycles. The Bertz CT molecular complexity index is 572. The van der Waals surface area contributed by atoms with Crippen LogP contribution in [0, 0.1) is 12.7 Å². The summed E-state index contributed by atoms with van der Waals surface area (Å²) < 4.78 is 19.1. The molecule has 0 spiro atoms. The molecule has 0 unspecified atom stereocenters. The van der Waals surface area contributed by atoms with Crippen LogP contribution in [0.2, 0.25) is 5.02 Å². The van der Waals surface area contributed by atoms with Crippen LogP contribution in [0.15, 0.2) is 36.4 Å². The van der Waals surface area contributed by atoms with E-state index in [-0.39, 0.29) is 12.4 Å². The number of benzene rings is 2. The molecule has 0 saturated carbocycles. The average Bonchev–Trinajstić information content (AvgIpc) is 2.33. The van der Waals surface area contributed by atoms with E-state index in [0.717, 1.165) is 5.56 Å². The molecular formula is C14H13ClFNO. The average molecular weight is 266 g/mol. The van der Waals surface area contributed by atoms with Crippen molar-refractivity contribution in [1.82, 2.24) is 0 Å². The van der Waals surface area contributed by atoms with Crippen molar-refractivity contribution in [2.24, 2.45) is 0 Å². The van der Waals surface area contributed by atoms with Gasteiger partial charge in [-0.3, -0.25) is 0 Å². The van der Waals surface area contributed by atoms with Crippen molar-refractivity contribution >= 4 is 17.3 Å². The maximum absolute atomic E-state index is 13.5. The van der Waals surface area contributed by atoms with Crippen molar-refractivity contribution in [3.8, 4) is 5.75 Å². The van der Waals surface area contributed by atoms with Crippen LogP contribution >= 0.6 is 11.6 Å². The third-order valence-electron chi connectivity index (χ3n) is 2.68. The zero-order chi connectivity index (χ0) is 13.1. The van der Waals surface area contributed by atoms with E-state index in [1.54, 1.807) is 18.2 Å². The first-order valence-corrected chi connectivity index (χ1v) is 5.87. The molecule has 0 atom stereocenters. The van der Waals surface area contributed by atoms with Gasteiger partial charge in [0.15, 0.2) is 0 Å². The molecule has 0 aliphatic heterocycles. The van der Waals surface area contributed by atoms with E-state index in [4.69, 9.17) is 22.1 Å². The van der Waals surface area contributed by atoms with Crippen LogP contribution in [-0.4, -0.2) is 0 Å². The number of anilines is 1. The van der Waals surface area contributed by atoms with Gasteiger partial charge in [-0.1, -0.05) is 29.8 Å². The fourth-order valence-electron chi connectivity index (χ4n) is 1.57. The monoisotopic (exact) mass is 265 g/mol. The molecule has 0 aromatic heterocycles. The molecule has 0 heterocycles. The minimum absolute atomic E-state index is 0.122. The molecule has 0 amide bonds. The predicted molar refractivity (Wildman–Crippen MR) is 71.3 cm³/mol. The van der Waals surface area contributed by atoms with E-state index in [1.165, 1.54) is 6.07 Å². The lowest BCUT2D eigenvalue weighted by atomic mass is 10.2. The molecule has 2 aromatic rings. The standard InChI is InChI=1S/C14H13ClFNO/c1-9-3-2-4-13(14(9)17)18-8-10-5-6-11(15)7-12(10)16/h2-7H,8,17H2,1H3. The number of hydrogen-bond acceptors (Lipinski definition) is 2. The highest BCUT2D eigenvalue weighted by Gasteiger charge is 2.06. The number of nitrogen functional groups attached to an aromatic ring is 1. The fourth-order valence-corrected chi connectivity index (χ4v) is 1.73. The Kier molecular flexibility index (Phi) is 3.72. The van der Waals surface area contributed by atoms with Gasteiger partial charge < -0.3 is 10.5 Å². The van der Waals surface area contributed by atoms with E-state index in [9.17, 15) is 4.39 Å². The summed E-state index contributed by atoms with van der Waals surface area (Å²) in [6.45, 7) is 2.02. The fraction of sp³-hybridized carbons (Fsp3) is 0.143. The quantitative estimate of drug-likeness (QED) is 0.853. The molecule has 0 saturated heterocycles. The van der Waals surface area contributed by atoms with Crippen molar-refractivity contribution in [1.29, 1.82) is 0 Å². The summed E-state index contributed by atoms with van der Waals surface area (Å²) >= 11 is 5.68. The lowest BCUT2D eigenvalue weighted by Crippen LogP contribution is -2.01. The highest BCUT2D eigenvalue weighted by molar-refractivity contribution is 6.30. The maximum atomic E-state index is 13.5. The number of halogens is 2. The molecule has 2 rings (SSSR count). The van der Waals surface area contributed by atoms with Gasteiger partial charge in [-0.05, 0) is 30.7 Å². The number of rotatable bonds is 3. The third kappa shape index (κ3) is 2.74. The lowest BCUT2D eigenvalue weighted by Gasteiger charge is -2.11. The van der Waals surface area contributed by atoms with Crippen LogP contribution in [0.25, 0.3) is 0 Å². The Hall–Kier alpha value is -1.74. The molecule has 2 nitrogen and oxygen atoms in total. The van der Waals surface area contributed by atoms with Gasteiger partial charge in [0.1, 0.15) is 18.2 Å². The van der Waals surface area contributed by atoms with Crippen molar-refractivity contribution in [3.63, 3.8) is 0 Å². The van der Waals surface area contributed by atoms with Crippen LogP contribution in [0.4, 0.5) is 10.1 Å². The SMILES string of the molecule is Cc1cccc(OCc2ccc(Cl)cc2F)c1N. The van der Waals surface area contributed by atoms with Gasteiger partial charge in [0, 0.05) is 10.6 Å². The molecule has 94 valence electrons. The van der Waals surface area contributed by atoms with Crippen LogP contribution < -0.4 is 10.5 Å². The van der Waals surface area contributed by atoms with Gasteiger partial charge in [0.2, 0.25) is 0 Å². The van der Waals surface area contributed by atoms with Gasteiger partial charge >= 0.3 is 0 Å². The summed E-state index contributed by atoms with van der Waals surface area (Å²) in [6.07, 6.45) is 0. The summed E-state index contributed by atoms with van der Waals surface area (Å²) in [6, 6.07) is 9.99. The Labute approximate surface area is 110 Å². The molecule has 0 fully saturated rings. The van der Waals surface area contributed by atoms with E-state index in [0.29, 0.717) is 22.0 Å². The summed E-state index contributed by atoms with van der Waals surface area (Å²) in [5, 5.41) is 0.367. The minimum atomic E-state index is -0.381. The molecule has 4 heteroatoms. The Morgan fingerprint density at radius 3 is 2.78 bits per heavy atom. The lowest BCUT2D eigenvalue weighted by molar-refractivity contribution is 0.301. The van der Waals surface area contributed by atoms with Gasteiger partial charge in [-0.2, -0.15) is 0 Å². The minimum Gasteiger partial charge on any atom is -0.487 e. The second-order valence-corrected chi connectivity index (χ2v) is 4.45. The van der Waals surface area contributed by atoms with Gasteiger partial charge in [-0.25, -0.2) is 4.39 Å². The first kappa shape index (κ1) is 12.7. The molecular weight excluding hydrogens is 253 g/mol. The van der Waals surface area contributed by atoms with Crippen LogP contribution in [0.1, 0.15) is 11.1 Å². The summed E-state index contributed by atoms with van der Waals surface area (Å²) in [5.74, 6) is 0.179. The topological polar surface area (TPSA) is 35.2 Å². The van der Waals surface area contributed by atoms with E-state index >= 15 is 0 Å². The largest absolute Gasteiger partial charge is 0.487 e. The summed E-state index contributed by atoms with van der Waals surface area (Å²) in [5.41, 5.74) is 7.82. The Morgan fingerprint density at radius 2 is 2.06 bits per heavy atom. The molecule has 2 N–H and O–H groups in total. The van der Waals surface area contributed by atoms with Gasteiger partial charge in [-0.15, -0.1) is 0 Å². The zero-order valence-electron chi connectivity index (χ0n) is 9.91. The van der Waals surface area contributed by atoms with Crippen LogP contribution in [0.3, 0.4) is 0 Å². The van der Waals surface area contributed by atoms with Crippen LogP contribution in [-0.2, 0) is 6.61 Å². The van der Waals surface area contributed by atoms with Crippen molar-refractivity contribution < 1.29 is 9.13 Å². The number of nitrogens with two attached hydrogens (primary N) is 1. The van der Waals surface area contributed by atoms with E-state index in [2.05, 4.69) is 0 Å². The predicted octanol–water partition coefficient (Wildman–Crippen LogP) is 3.95. The number of aryl methyl sites for hydroxylation is 1. The van der Waals surface area contributed by atoms with Crippen molar-refractivity contribution in [2.45, 2.75) is 13.5 Å². The highest BCUT2D eigenvalue weighted by Crippen LogP contribution is 2.25. The molecule has 0 aliphatic carbocycles. The second-order valence-electron chi connectivity index (χ2n) is 4.01. The molecule has 0 aliphatic rings. The third-order valence-corrected chi connectivity index (χ3v) is 2.92. The van der Waals surface area contributed by atoms with Crippen molar-refractivity contribution in [3.05, 3.63) is 58.4 Å². The zero-order valence-corrected chi connectivity index (χ0v) is 10.7. The highest BCUT2D eigenvalue weighted by atomic mass is 35.5. The van der Waals surface area contributed by atoms with E-state index < -0.39 is 0 Å². The van der Waals surface area contributed by atoms with Gasteiger partial charge in [0.25, 0.3) is 0 Å². The normalized spacial score (nSPS) is 10.4. The van der Waals surface area contributed by atoms with E-state index in [1.807, 2.05) is 19.1 Å². The summed E-state index contributed by atoms with van der Waals surface area (Å²) in [4.78, 5) is 0. The smallest absolute Gasteiger partial charge is 0.142 e. The first-order chi connectivity index (χ1) is 8.58.